The zero-order valence-corrected chi connectivity index (χ0v) is 22.1. The molecule has 0 radical (unpaired) electrons. The SMILES string of the molecule is CN=C(NCc1ccc(N2CC(C)OC(C)C2)nc1)N1CCC(Oc2ccccc2)CC1.I. The van der Waals surface area contributed by atoms with Crippen LogP contribution in [0.3, 0.4) is 0 Å². The first-order valence-corrected chi connectivity index (χ1v) is 11.6. The maximum atomic E-state index is 6.11. The van der Waals surface area contributed by atoms with Crippen LogP contribution < -0.4 is 15.0 Å². The highest BCUT2D eigenvalue weighted by Crippen LogP contribution is 2.20. The Morgan fingerprint density at radius 3 is 2.39 bits per heavy atom. The zero-order valence-electron chi connectivity index (χ0n) is 19.8. The number of para-hydroxylation sites is 1. The van der Waals surface area contributed by atoms with Gasteiger partial charge in [0.15, 0.2) is 5.96 Å². The van der Waals surface area contributed by atoms with E-state index in [1.54, 1.807) is 0 Å². The van der Waals surface area contributed by atoms with Crippen LogP contribution in [-0.4, -0.2) is 67.4 Å². The van der Waals surface area contributed by atoms with Crippen LogP contribution in [0.15, 0.2) is 53.7 Å². The number of aliphatic imine (C=N–C) groups is 1. The topological polar surface area (TPSA) is 62.2 Å². The van der Waals surface area contributed by atoms with Crippen LogP contribution in [0.25, 0.3) is 0 Å². The standard InChI is InChI=1S/C25H35N5O2.HI/c1-19-17-30(18-20(2)31-19)24-10-9-21(15-27-24)16-28-25(26-3)29-13-11-23(12-14-29)32-22-7-5-4-6-8-22;/h4-10,15,19-20,23H,11-14,16-18H2,1-3H3,(H,26,28);1H. The van der Waals surface area contributed by atoms with Gasteiger partial charge in [0.2, 0.25) is 0 Å². The van der Waals surface area contributed by atoms with Crippen LogP contribution in [0.1, 0.15) is 32.3 Å². The number of aromatic nitrogens is 1. The summed E-state index contributed by atoms with van der Waals surface area (Å²) in [6.45, 7) is 8.56. The van der Waals surface area contributed by atoms with Gasteiger partial charge in [-0.15, -0.1) is 24.0 Å². The second kappa shape index (κ2) is 12.4. The summed E-state index contributed by atoms with van der Waals surface area (Å²) in [5, 5.41) is 3.49. The van der Waals surface area contributed by atoms with Crippen molar-refractivity contribution in [2.75, 3.05) is 38.1 Å². The molecular formula is C25H36IN5O2. The molecule has 2 aliphatic rings. The lowest BCUT2D eigenvalue weighted by Crippen LogP contribution is -2.47. The predicted octanol–water partition coefficient (Wildman–Crippen LogP) is 3.93. The molecule has 2 aliphatic heterocycles. The third-order valence-corrected chi connectivity index (χ3v) is 6.00. The van der Waals surface area contributed by atoms with Crippen molar-refractivity contribution in [1.82, 2.24) is 15.2 Å². The summed E-state index contributed by atoms with van der Waals surface area (Å²) in [6.07, 6.45) is 4.65. The number of ether oxygens (including phenoxy) is 2. The van der Waals surface area contributed by atoms with Gasteiger partial charge in [-0.1, -0.05) is 24.3 Å². The number of benzene rings is 1. The van der Waals surface area contributed by atoms with Crippen molar-refractivity contribution in [3.05, 3.63) is 54.2 Å². The number of morpholine rings is 1. The Balaban J connectivity index is 0.00000306. The monoisotopic (exact) mass is 565 g/mol. The van der Waals surface area contributed by atoms with Gasteiger partial charge >= 0.3 is 0 Å². The molecular weight excluding hydrogens is 529 g/mol. The number of nitrogens with one attached hydrogen (secondary N) is 1. The maximum absolute atomic E-state index is 6.11. The summed E-state index contributed by atoms with van der Waals surface area (Å²) >= 11 is 0. The second-order valence-corrected chi connectivity index (χ2v) is 8.71. The van der Waals surface area contributed by atoms with Gasteiger partial charge in [-0.3, -0.25) is 4.99 Å². The number of pyridine rings is 1. The average molecular weight is 566 g/mol. The number of hydrogen-bond acceptors (Lipinski definition) is 5. The summed E-state index contributed by atoms with van der Waals surface area (Å²) in [7, 11) is 1.84. The molecule has 4 rings (SSSR count). The van der Waals surface area contributed by atoms with E-state index in [-0.39, 0.29) is 42.3 Å². The van der Waals surface area contributed by atoms with Crippen LogP contribution in [0.5, 0.6) is 5.75 Å². The first-order valence-electron chi connectivity index (χ1n) is 11.6. The zero-order chi connectivity index (χ0) is 22.3. The molecule has 0 saturated carbocycles. The molecule has 0 aliphatic carbocycles. The van der Waals surface area contributed by atoms with Crippen molar-refractivity contribution in [1.29, 1.82) is 0 Å². The van der Waals surface area contributed by atoms with E-state index < -0.39 is 0 Å². The normalized spacial score (nSPS) is 22.0. The van der Waals surface area contributed by atoms with Crippen molar-refractivity contribution in [2.45, 2.75) is 51.5 Å². The van der Waals surface area contributed by atoms with Gasteiger partial charge in [-0.2, -0.15) is 0 Å². The minimum atomic E-state index is 0. The van der Waals surface area contributed by atoms with Crippen molar-refractivity contribution >= 4 is 35.8 Å². The van der Waals surface area contributed by atoms with Gasteiger partial charge < -0.3 is 24.6 Å². The molecule has 180 valence electrons. The molecule has 2 atom stereocenters. The lowest BCUT2D eigenvalue weighted by Gasteiger charge is -2.36. The van der Waals surface area contributed by atoms with E-state index in [1.807, 2.05) is 43.6 Å². The largest absolute Gasteiger partial charge is 0.490 e. The average Bonchev–Trinajstić information content (AvgIpc) is 2.81. The van der Waals surface area contributed by atoms with Gasteiger partial charge in [0.25, 0.3) is 0 Å². The van der Waals surface area contributed by atoms with Crippen molar-refractivity contribution in [3.63, 3.8) is 0 Å². The van der Waals surface area contributed by atoms with Gasteiger partial charge in [-0.05, 0) is 37.6 Å². The molecule has 2 unspecified atom stereocenters. The maximum Gasteiger partial charge on any atom is 0.193 e. The third-order valence-electron chi connectivity index (χ3n) is 6.00. The first-order chi connectivity index (χ1) is 15.6. The molecule has 2 fully saturated rings. The van der Waals surface area contributed by atoms with Crippen molar-refractivity contribution < 1.29 is 9.47 Å². The van der Waals surface area contributed by atoms with Gasteiger partial charge in [-0.25, -0.2) is 4.98 Å². The molecule has 1 aromatic carbocycles. The smallest absolute Gasteiger partial charge is 0.193 e. The predicted molar refractivity (Wildman–Crippen MR) is 144 cm³/mol. The molecule has 1 N–H and O–H groups in total. The third kappa shape index (κ3) is 7.20. The molecule has 1 aromatic heterocycles. The molecule has 8 heteroatoms. The molecule has 0 spiro atoms. The Labute approximate surface area is 214 Å². The van der Waals surface area contributed by atoms with Crippen molar-refractivity contribution in [3.8, 4) is 5.75 Å². The van der Waals surface area contributed by atoms with E-state index in [9.17, 15) is 0 Å². The Morgan fingerprint density at radius 1 is 1.09 bits per heavy atom. The highest BCUT2D eigenvalue weighted by Gasteiger charge is 2.24. The van der Waals surface area contributed by atoms with E-state index in [2.05, 4.69) is 46.1 Å². The fraction of sp³-hybridized carbons (Fsp3) is 0.520. The second-order valence-electron chi connectivity index (χ2n) is 8.71. The fourth-order valence-electron chi connectivity index (χ4n) is 4.46. The minimum Gasteiger partial charge on any atom is -0.490 e. The summed E-state index contributed by atoms with van der Waals surface area (Å²) in [5.41, 5.74) is 1.14. The Kier molecular flexibility index (Phi) is 9.61. The number of nitrogens with zero attached hydrogens (tertiary/aromatic N) is 4. The Morgan fingerprint density at radius 2 is 1.79 bits per heavy atom. The van der Waals surface area contributed by atoms with E-state index in [1.165, 1.54) is 0 Å². The van der Waals surface area contributed by atoms with Crippen LogP contribution in [0, 0.1) is 0 Å². The highest BCUT2D eigenvalue weighted by atomic mass is 127. The molecule has 0 amide bonds. The van der Waals surface area contributed by atoms with Crippen molar-refractivity contribution in [2.24, 2.45) is 4.99 Å². The number of halogens is 1. The van der Waals surface area contributed by atoms with Crippen LogP contribution in [0.2, 0.25) is 0 Å². The van der Waals surface area contributed by atoms with Gasteiger partial charge in [0.1, 0.15) is 17.7 Å². The molecule has 0 bridgehead atoms. The number of hydrogen-bond donors (Lipinski definition) is 1. The number of anilines is 1. The van der Waals surface area contributed by atoms with Gasteiger partial charge in [0.05, 0.1) is 12.2 Å². The van der Waals surface area contributed by atoms with Gasteiger partial charge in [0, 0.05) is 58.8 Å². The summed E-state index contributed by atoms with van der Waals surface area (Å²) < 4.78 is 11.9. The summed E-state index contributed by atoms with van der Waals surface area (Å²) in [6, 6.07) is 14.3. The lowest BCUT2D eigenvalue weighted by molar-refractivity contribution is -0.00546. The number of piperidine rings is 1. The first kappa shape index (κ1) is 25.6. The number of rotatable bonds is 5. The number of likely N-dealkylation sites (tertiary alicyclic amines) is 1. The Hall–Kier alpha value is -2.07. The minimum absolute atomic E-state index is 0. The number of guanidine groups is 1. The van der Waals surface area contributed by atoms with E-state index in [0.29, 0.717) is 6.54 Å². The highest BCUT2D eigenvalue weighted by molar-refractivity contribution is 14.0. The molecule has 2 saturated heterocycles. The lowest BCUT2D eigenvalue weighted by atomic mass is 10.1. The molecule has 2 aromatic rings. The van der Waals surface area contributed by atoms with Crippen LogP contribution >= 0.6 is 24.0 Å². The van der Waals surface area contributed by atoms with E-state index >= 15 is 0 Å². The quantitative estimate of drug-likeness (QED) is 0.337. The summed E-state index contributed by atoms with van der Waals surface area (Å²) in [4.78, 5) is 13.8. The summed E-state index contributed by atoms with van der Waals surface area (Å²) in [5.74, 6) is 2.90. The Bertz CT molecular complexity index is 862. The van der Waals surface area contributed by atoms with E-state index in [0.717, 1.165) is 62.1 Å². The fourth-order valence-corrected chi connectivity index (χ4v) is 4.46. The van der Waals surface area contributed by atoms with E-state index in [4.69, 9.17) is 14.5 Å². The molecule has 3 heterocycles. The molecule has 33 heavy (non-hydrogen) atoms. The molecule has 7 nitrogen and oxygen atoms in total. The van der Waals surface area contributed by atoms with Crippen LogP contribution in [-0.2, 0) is 11.3 Å². The van der Waals surface area contributed by atoms with Crippen LogP contribution in [0.4, 0.5) is 5.82 Å².